The van der Waals surface area contributed by atoms with Crippen molar-refractivity contribution in [1.29, 1.82) is 0 Å². The first kappa shape index (κ1) is 20.0. The zero-order chi connectivity index (χ0) is 19.9. The second kappa shape index (κ2) is 9.47. The van der Waals surface area contributed by atoms with Crippen molar-refractivity contribution < 1.29 is 14.3 Å². The molecule has 0 saturated heterocycles. The molecule has 0 heterocycles. The smallest absolute Gasteiger partial charge is 0.261 e. The zero-order valence-corrected chi connectivity index (χ0v) is 16.8. The molecule has 4 nitrogen and oxygen atoms in total. The third-order valence-electron chi connectivity index (χ3n) is 4.46. The van der Waals surface area contributed by atoms with Gasteiger partial charge in [0.1, 0.15) is 18.1 Å². The second-order valence-corrected chi connectivity index (χ2v) is 6.98. The van der Waals surface area contributed by atoms with Crippen molar-refractivity contribution >= 4 is 28.3 Å². The van der Waals surface area contributed by atoms with E-state index in [1.54, 1.807) is 12.1 Å². The van der Waals surface area contributed by atoms with Gasteiger partial charge in [0, 0.05) is 5.02 Å². The summed E-state index contributed by atoms with van der Waals surface area (Å²) >= 11 is 6.03. The van der Waals surface area contributed by atoms with Crippen LogP contribution in [0.15, 0.2) is 60.7 Å². The van der Waals surface area contributed by atoms with E-state index in [2.05, 4.69) is 11.4 Å². The number of fused-ring (bicyclic) bond motifs is 1. The molecule has 0 aliphatic heterocycles. The second-order valence-electron chi connectivity index (χ2n) is 6.57. The fourth-order valence-electron chi connectivity index (χ4n) is 2.89. The Balaban J connectivity index is 1.48. The molecule has 28 heavy (non-hydrogen) atoms. The maximum absolute atomic E-state index is 12.4. The Labute approximate surface area is 170 Å². The van der Waals surface area contributed by atoms with Crippen molar-refractivity contribution in [1.82, 2.24) is 5.32 Å². The Kier molecular flexibility index (Phi) is 6.77. The quantitative estimate of drug-likeness (QED) is 0.534. The van der Waals surface area contributed by atoms with Crippen LogP contribution in [0.2, 0.25) is 5.02 Å². The van der Waals surface area contributed by atoms with Crippen LogP contribution in [0.25, 0.3) is 10.8 Å². The third-order valence-corrected chi connectivity index (χ3v) is 4.89. The Morgan fingerprint density at radius 3 is 2.54 bits per heavy atom. The number of rotatable bonds is 8. The molecule has 5 heteroatoms. The van der Waals surface area contributed by atoms with Gasteiger partial charge in [0.2, 0.25) is 0 Å². The largest absolute Gasteiger partial charge is 0.492 e. The number of carbonyl (C=O) groups is 1. The molecule has 0 aromatic heterocycles. The molecule has 0 aliphatic rings. The summed E-state index contributed by atoms with van der Waals surface area (Å²) in [5, 5.41) is 5.85. The van der Waals surface area contributed by atoms with Crippen LogP contribution in [0.4, 0.5) is 0 Å². The topological polar surface area (TPSA) is 47.6 Å². The number of amides is 1. The minimum Gasteiger partial charge on any atom is -0.492 e. The lowest BCUT2D eigenvalue weighted by Crippen LogP contribution is -2.39. The van der Waals surface area contributed by atoms with E-state index in [4.69, 9.17) is 21.1 Å². The molecule has 0 radical (unpaired) electrons. The minimum absolute atomic E-state index is 0.155. The lowest BCUT2D eigenvalue weighted by Gasteiger charge is -2.18. The lowest BCUT2D eigenvalue weighted by atomic mass is 10.1. The maximum Gasteiger partial charge on any atom is 0.261 e. The highest BCUT2D eigenvalue weighted by atomic mass is 35.5. The van der Waals surface area contributed by atoms with Crippen molar-refractivity contribution in [3.8, 4) is 11.5 Å². The summed E-state index contributed by atoms with van der Waals surface area (Å²) in [4.78, 5) is 12.4. The fraction of sp³-hybridized carbons (Fsp3) is 0.261. The Morgan fingerprint density at radius 2 is 1.79 bits per heavy atom. The van der Waals surface area contributed by atoms with E-state index >= 15 is 0 Å². The predicted molar refractivity (Wildman–Crippen MR) is 113 cm³/mol. The van der Waals surface area contributed by atoms with Crippen molar-refractivity contribution in [3.63, 3.8) is 0 Å². The number of carbonyl (C=O) groups excluding carboxylic acids is 1. The number of hydrogen-bond donors (Lipinski definition) is 1. The van der Waals surface area contributed by atoms with Crippen molar-refractivity contribution in [2.24, 2.45) is 0 Å². The molecule has 1 amide bonds. The van der Waals surface area contributed by atoms with E-state index in [1.165, 1.54) is 5.39 Å². The molecule has 1 N–H and O–H groups in total. The molecular formula is C23H24ClNO3. The highest BCUT2D eigenvalue weighted by Gasteiger charge is 2.18. The van der Waals surface area contributed by atoms with Crippen LogP contribution in [-0.4, -0.2) is 25.2 Å². The van der Waals surface area contributed by atoms with E-state index in [1.807, 2.05) is 56.3 Å². The first-order valence-corrected chi connectivity index (χ1v) is 9.76. The highest BCUT2D eigenvalue weighted by molar-refractivity contribution is 6.31. The normalized spacial score (nSPS) is 11.8. The van der Waals surface area contributed by atoms with Gasteiger partial charge >= 0.3 is 0 Å². The summed E-state index contributed by atoms with van der Waals surface area (Å²) in [5.41, 5.74) is 0.915. The number of aryl methyl sites for hydroxylation is 1. The molecule has 0 fully saturated rings. The van der Waals surface area contributed by atoms with Gasteiger partial charge in [-0.15, -0.1) is 0 Å². The van der Waals surface area contributed by atoms with Gasteiger partial charge < -0.3 is 14.8 Å². The molecule has 0 saturated carbocycles. The molecule has 0 unspecified atom stereocenters. The number of nitrogens with one attached hydrogen (secondary N) is 1. The molecule has 3 aromatic rings. The van der Waals surface area contributed by atoms with Gasteiger partial charge in [0.05, 0.1) is 6.54 Å². The summed E-state index contributed by atoms with van der Waals surface area (Å²) < 4.78 is 11.6. The SMILES string of the molecule is CC[C@H](Oc1ccc(Cl)c(C)c1)C(=O)NCCOc1ccc2ccccc2c1. The van der Waals surface area contributed by atoms with E-state index in [0.29, 0.717) is 30.3 Å². The number of hydrogen-bond acceptors (Lipinski definition) is 3. The van der Waals surface area contributed by atoms with E-state index in [9.17, 15) is 4.79 Å². The summed E-state index contributed by atoms with van der Waals surface area (Å²) in [7, 11) is 0. The molecule has 146 valence electrons. The molecule has 0 bridgehead atoms. The Hall–Kier alpha value is -2.72. The number of halogens is 1. The zero-order valence-electron chi connectivity index (χ0n) is 16.1. The molecular weight excluding hydrogens is 374 g/mol. The van der Waals surface area contributed by atoms with E-state index < -0.39 is 6.10 Å². The van der Waals surface area contributed by atoms with Crippen molar-refractivity contribution in [3.05, 3.63) is 71.2 Å². The summed E-state index contributed by atoms with van der Waals surface area (Å²) in [6.07, 6.45) is 0.0141. The average Bonchev–Trinajstić information content (AvgIpc) is 2.71. The lowest BCUT2D eigenvalue weighted by molar-refractivity contribution is -0.128. The van der Waals surface area contributed by atoms with E-state index in [0.717, 1.165) is 16.7 Å². The highest BCUT2D eigenvalue weighted by Crippen LogP contribution is 2.22. The Bertz CT molecular complexity index is 957. The van der Waals surface area contributed by atoms with Crippen LogP contribution >= 0.6 is 11.6 Å². The van der Waals surface area contributed by atoms with Gasteiger partial charge in [0.15, 0.2) is 6.10 Å². The molecule has 3 aromatic carbocycles. The maximum atomic E-state index is 12.4. The molecule has 0 spiro atoms. The molecule has 3 rings (SSSR count). The van der Waals surface area contributed by atoms with Crippen LogP contribution in [0.5, 0.6) is 11.5 Å². The first-order valence-electron chi connectivity index (χ1n) is 9.39. The van der Waals surface area contributed by atoms with Gasteiger partial charge in [-0.2, -0.15) is 0 Å². The minimum atomic E-state index is -0.554. The van der Waals surface area contributed by atoms with Gasteiger partial charge in [0.25, 0.3) is 5.91 Å². The van der Waals surface area contributed by atoms with Crippen LogP contribution in [0.1, 0.15) is 18.9 Å². The summed E-state index contributed by atoms with van der Waals surface area (Å²) in [5.74, 6) is 1.27. The Morgan fingerprint density at radius 1 is 1.04 bits per heavy atom. The van der Waals surface area contributed by atoms with Crippen molar-refractivity contribution in [2.75, 3.05) is 13.2 Å². The van der Waals surface area contributed by atoms with Gasteiger partial charge in [-0.25, -0.2) is 0 Å². The van der Waals surface area contributed by atoms with Gasteiger partial charge in [-0.3, -0.25) is 4.79 Å². The van der Waals surface area contributed by atoms with Crippen LogP contribution < -0.4 is 14.8 Å². The van der Waals surface area contributed by atoms with Crippen LogP contribution in [0, 0.1) is 6.92 Å². The molecule has 1 atom stereocenters. The summed E-state index contributed by atoms with van der Waals surface area (Å²) in [6, 6.07) is 19.5. The summed E-state index contributed by atoms with van der Waals surface area (Å²) in [6.45, 7) is 4.62. The van der Waals surface area contributed by atoms with Crippen molar-refractivity contribution in [2.45, 2.75) is 26.4 Å². The number of benzene rings is 3. The first-order chi connectivity index (χ1) is 13.6. The molecule has 0 aliphatic carbocycles. The standard InChI is InChI=1S/C23H24ClNO3/c1-3-22(28-20-10-11-21(24)16(2)14-20)23(26)25-12-13-27-19-9-8-17-6-4-5-7-18(17)15-19/h4-11,14-15,22H,3,12-13H2,1-2H3,(H,25,26)/t22-/m0/s1. The average molecular weight is 398 g/mol. The number of ether oxygens (including phenoxy) is 2. The third kappa shape index (κ3) is 5.17. The van der Waals surface area contributed by atoms with Crippen LogP contribution in [0.3, 0.4) is 0 Å². The van der Waals surface area contributed by atoms with E-state index in [-0.39, 0.29) is 5.91 Å². The van der Waals surface area contributed by atoms with Crippen LogP contribution in [-0.2, 0) is 4.79 Å². The predicted octanol–water partition coefficient (Wildman–Crippen LogP) is 5.15. The monoisotopic (exact) mass is 397 g/mol. The fourth-order valence-corrected chi connectivity index (χ4v) is 3.01. The van der Waals surface area contributed by atoms with Gasteiger partial charge in [-0.1, -0.05) is 48.9 Å². The van der Waals surface area contributed by atoms with Gasteiger partial charge in [-0.05, 0) is 60.0 Å².